The van der Waals surface area contributed by atoms with E-state index in [4.69, 9.17) is 19.6 Å². The van der Waals surface area contributed by atoms with Crippen molar-refractivity contribution in [2.75, 3.05) is 6.54 Å². The molecule has 0 aliphatic carbocycles. The zero-order valence-corrected chi connectivity index (χ0v) is 10.1. The second kappa shape index (κ2) is 3.98. The van der Waals surface area contributed by atoms with Crippen LogP contribution in [0, 0.1) is 0 Å². The zero-order valence-electron chi connectivity index (χ0n) is 7.44. The molecule has 15 heavy (non-hydrogen) atoms. The number of nitrogens with one attached hydrogen (secondary N) is 1. The molecule has 0 amide bonds. The molecule has 0 aromatic rings. The normalized spacial score (nSPS) is 22.3. The van der Waals surface area contributed by atoms with Crippen molar-refractivity contribution in [1.82, 2.24) is 5.32 Å². The van der Waals surface area contributed by atoms with Gasteiger partial charge in [0, 0.05) is 6.54 Å². The molecule has 10 heteroatoms. The molecule has 1 rings (SSSR count). The summed E-state index contributed by atoms with van der Waals surface area (Å²) in [5.41, 5.74) is 0. The smallest absolute Gasteiger partial charge is 0.322 e. The Morgan fingerprint density at radius 3 is 2.00 bits per heavy atom. The van der Waals surface area contributed by atoms with Crippen molar-refractivity contribution in [2.24, 2.45) is 0 Å². The highest BCUT2D eigenvalue weighted by Gasteiger charge is 2.59. The summed E-state index contributed by atoms with van der Waals surface area (Å²) in [7, 11) is -10.1. The van der Waals surface area contributed by atoms with Crippen LogP contribution in [0.2, 0.25) is 0 Å². The fraction of sp³-hybridized carbons (Fsp3) is 0.600. The van der Waals surface area contributed by atoms with Crippen molar-refractivity contribution < 1.29 is 28.7 Å². The number of thiol groups is 1. The van der Waals surface area contributed by atoms with Crippen LogP contribution in [-0.2, 0) is 9.13 Å². The van der Waals surface area contributed by atoms with Crippen LogP contribution >= 0.6 is 27.8 Å². The summed E-state index contributed by atoms with van der Waals surface area (Å²) >= 11 is 3.87. The van der Waals surface area contributed by atoms with Gasteiger partial charge in [0.15, 0.2) is 0 Å². The maximum absolute atomic E-state index is 11.2. The summed E-state index contributed by atoms with van der Waals surface area (Å²) < 4.78 is 22.3. The van der Waals surface area contributed by atoms with E-state index in [2.05, 4.69) is 17.9 Å². The molecule has 7 nitrogen and oxygen atoms in total. The van der Waals surface area contributed by atoms with Gasteiger partial charge in [0.05, 0.1) is 0 Å². The van der Waals surface area contributed by atoms with Crippen LogP contribution in [0.1, 0.15) is 6.42 Å². The summed E-state index contributed by atoms with van der Waals surface area (Å²) in [6.45, 7) is 0.0472. The minimum Gasteiger partial charge on any atom is -0.322 e. The highest BCUT2D eigenvalue weighted by molar-refractivity contribution is 7.84. The van der Waals surface area contributed by atoms with Gasteiger partial charge >= 0.3 is 15.2 Å². The lowest BCUT2D eigenvalue weighted by Crippen LogP contribution is -2.45. The topological polar surface area (TPSA) is 127 Å². The van der Waals surface area contributed by atoms with Crippen LogP contribution < -0.4 is 5.32 Å². The fourth-order valence-corrected chi connectivity index (χ4v) is 4.42. The van der Waals surface area contributed by atoms with Crippen LogP contribution in [0.25, 0.3) is 0 Å². The number of hydrogen-bond acceptors (Lipinski definition) is 4. The third-order valence-corrected chi connectivity index (χ3v) is 6.29. The van der Waals surface area contributed by atoms with Crippen molar-refractivity contribution in [3.63, 3.8) is 0 Å². The third-order valence-electron chi connectivity index (χ3n) is 2.02. The highest BCUT2D eigenvalue weighted by atomic mass is 32.1. The fourth-order valence-electron chi connectivity index (χ4n) is 1.27. The summed E-state index contributed by atoms with van der Waals surface area (Å²) in [4.78, 5) is 36.3. The molecule has 0 saturated carbocycles. The van der Waals surface area contributed by atoms with Gasteiger partial charge in [-0.1, -0.05) is 0 Å². The molecule has 0 atom stereocenters. The Kier molecular flexibility index (Phi) is 3.56. The maximum atomic E-state index is 11.2. The number of rotatable bonds is 2. The first-order valence-corrected chi connectivity index (χ1v) is 7.54. The van der Waals surface area contributed by atoms with Crippen molar-refractivity contribution in [3.8, 4) is 0 Å². The number of hydrogen-bond donors (Lipinski definition) is 6. The Balaban J connectivity index is 3.39. The molecule has 0 unspecified atom stereocenters. The molecule has 0 fully saturated rings. The summed E-state index contributed by atoms with van der Waals surface area (Å²) in [6, 6.07) is 0. The van der Waals surface area contributed by atoms with Gasteiger partial charge in [0.2, 0.25) is 5.02 Å². The van der Waals surface area contributed by atoms with E-state index in [1.54, 1.807) is 0 Å². The molecule has 5 N–H and O–H groups in total. The Morgan fingerprint density at radius 1 is 1.27 bits per heavy atom. The highest BCUT2D eigenvalue weighted by Crippen LogP contribution is 2.69. The maximum Gasteiger partial charge on any atom is 0.361 e. The standard InChI is InChI=1S/C5H11NO6P2S/c7-13(8,9)5(14(10,11)12)3-4(15)1-2-6-5/h3,6,15H,1-2H2,(H2,7,8,9)(H2,10,11,12). The van der Waals surface area contributed by atoms with Gasteiger partial charge in [-0.15, -0.1) is 12.6 Å². The van der Waals surface area contributed by atoms with E-state index in [0.29, 0.717) is 6.42 Å². The summed E-state index contributed by atoms with van der Waals surface area (Å²) in [6.07, 6.45) is 1.17. The predicted molar refractivity (Wildman–Crippen MR) is 56.5 cm³/mol. The quantitative estimate of drug-likeness (QED) is 0.304. The van der Waals surface area contributed by atoms with E-state index < -0.39 is 20.2 Å². The first kappa shape index (κ1) is 13.4. The van der Waals surface area contributed by atoms with Crippen LogP contribution in [0.3, 0.4) is 0 Å². The second-order valence-electron chi connectivity index (χ2n) is 3.13. The van der Waals surface area contributed by atoms with Crippen molar-refractivity contribution >= 4 is 27.8 Å². The van der Waals surface area contributed by atoms with E-state index >= 15 is 0 Å². The van der Waals surface area contributed by atoms with Gasteiger partial charge in [-0.2, -0.15) is 0 Å². The minimum atomic E-state index is -5.03. The van der Waals surface area contributed by atoms with Crippen LogP contribution in [0.4, 0.5) is 0 Å². The van der Waals surface area contributed by atoms with Crippen molar-refractivity contribution in [3.05, 3.63) is 11.0 Å². The molecule has 0 spiro atoms. The Morgan fingerprint density at radius 2 is 1.73 bits per heavy atom. The van der Waals surface area contributed by atoms with E-state index in [1.807, 2.05) is 0 Å². The monoisotopic (exact) mass is 275 g/mol. The van der Waals surface area contributed by atoms with Gasteiger partial charge in [0.25, 0.3) is 0 Å². The predicted octanol–water partition coefficient (Wildman–Crippen LogP) is -0.197. The average molecular weight is 275 g/mol. The molecular formula is C5H11NO6P2S. The lowest BCUT2D eigenvalue weighted by atomic mass is 10.3. The first-order valence-electron chi connectivity index (χ1n) is 3.87. The lowest BCUT2D eigenvalue weighted by molar-refractivity contribution is 0.304. The van der Waals surface area contributed by atoms with Crippen LogP contribution in [0.15, 0.2) is 11.0 Å². The largest absolute Gasteiger partial charge is 0.361 e. The SMILES string of the molecule is O=P(O)(O)C1(P(=O)(O)O)C=C(S)CCN1. The molecule has 1 aliphatic rings. The van der Waals surface area contributed by atoms with E-state index in [0.717, 1.165) is 6.08 Å². The van der Waals surface area contributed by atoms with Crippen molar-refractivity contribution in [1.29, 1.82) is 0 Å². The van der Waals surface area contributed by atoms with Crippen molar-refractivity contribution in [2.45, 2.75) is 11.4 Å². The third kappa shape index (κ3) is 2.38. The van der Waals surface area contributed by atoms with Crippen LogP contribution in [0.5, 0.6) is 0 Å². The molecule has 0 saturated heterocycles. The van der Waals surface area contributed by atoms with Crippen LogP contribution in [-0.4, -0.2) is 31.1 Å². The van der Waals surface area contributed by atoms with Gasteiger partial charge in [0.1, 0.15) is 0 Å². The average Bonchev–Trinajstić information content (AvgIpc) is 1.99. The molecule has 0 radical (unpaired) electrons. The minimum absolute atomic E-state index is 0.0472. The Bertz CT molecular complexity index is 361. The van der Waals surface area contributed by atoms with E-state index in [1.165, 1.54) is 0 Å². The second-order valence-corrected chi connectivity index (χ2v) is 7.64. The Hall–Kier alpha value is 0.350. The molecule has 1 heterocycles. The molecule has 0 bridgehead atoms. The molecule has 1 aliphatic heterocycles. The van der Waals surface area contributed by atoms with E-state index in [9.17, 15) is 9.13 Å². The lowest BCUT2D eigenvalue weighted by Gasteiger charge is -2.35. The summed E-state index contributed by atoms with van der Waals surface area (Å²) in [5.74, 6) is 0. The Labute approximate surface area is 91.3 Å². The molecule has 88 valence electrons. The first-order chi connectivity index (χ1) is 6.60. The van der Waals surface area contributed by atoms with E-state index in [-0.39, 0.29) is 11.4 Å². The molecule has 0 aromatic carbocycles. The van der Waals surface area contributed by atoms with Gasteiger partial charge in [-0.25, -0.2) is 0 Å². The zero-order chi connectivity index (χ0) is 11.9. The van der Waals surface area contributed by atoms with Gasteiger partial charge in [-0.05, 0) is 17.4 Å². The van der Waals surface area contributed by atoms with Gasteiger partial charge in [-0.3, -0.25) is 14.4 Å². The summed E-state index contributed by atoms with van der Waals surface area (Å²) in [5, 5.41) is -0.438. The van der Waals surface area contributed by atoms with Gasteiger partial charge < -0.3 is 19.6 Å². The molecule has 0 aromatic heterocycles. The molecular weight excluding hydrogens is 264 g/mol.